The van der Waals surface area contributed by atoms with E-state index in [0.717, 1.165) is 15.8 Å². The average Bonchev–Trinajstić information content (AvgIpc) is 2.14. The van der Waals surface area contributed by atoms with E-state index in [1.807, 2.05) is 12.1 Å². The van der Waals surface area contributed by atoms with Crippen molar-refractivity contribution in [3.63, 3.8) is 0 Å². The lowest BCUT2D eigenvalue weighted by molar-refractivity contribution is 0.619. The molecule has 0 fully saturated rings. The molecule has 1 atom stereocenters. The van der Waals surface area contributed by atoms with Crippen LogP contribution in [-0.4, -0.2) is 9.96 Å². The molecule has 2 nitrogen and oxygen atoms in total. The Bertz CT molecular complexity index is 366. The predicted octanol–water partition coefficient (Wildman–Crippen LogP) is 3.19. The van der Waals surface area contributed by atoms with Crippen LogP contribution in [0.4, 0.5) is 5.69 Å². The standard InChI is InChI=1S/C11H16BrNOS/c1-8(2)5-6-15(14)11-4-3-9(12)7-10(11)13/h3-4,7-8H,5-6,13H2,1-2H3. The Morgan fingerprint density at radius 1 is 1.47 bits per heavy atom. The Morgan fingerprint density at radius 2 is 2.13 bits per heavy atom. The molecular weight excluding hydrogens is 274 g/mol. The lowest BCUT2D eigenvalue weighted by Crippen LogP contribution is -2.04. The van der Waals surface area contributed by atoms with E-state index in [-0.39, 0.29) is 0 Å². The molecule has 0 amide bonds. The number of nitrogen functional groups attached to an aromatic ring is 1. The average molecular weight is 290 g/mol. The molecule has 4 heteroatoms. The molecule has 84 valence electrons. The van der Waals surface area contributed by atoms with Crippen molar-refractivity contribution in [3.8, 4) is 0 Å². The molecule has 0 bridgehead atoms. The minimum atomic E-state index is -0.970. The number of hydrogen-bond acceptors (Lipinski definition) is 2. The van der Waals surface area contributed by atoms with Gasteiger partial charge in [-0.1, -0.05) is 29.8 Å². The molecular formula is C11H16BrNOS. The van der Waals surface area contributed by atoms with Crippen LogP contribution in [-0.2, 0) is 10.8 Å². The molecule has 1 unspecified atom stereocenters. The topological polar surface area (TPSA) is 43.1 Å². The maximum Gasteiger partial charge on any atom is 0.0618 e. The molecule has 0 radical (unpaired) electrons. The maximum absolute atomic E-state index is 11.9. The highest BCUT2D eigenvalue weighted by atomic mass is 79.9. The van der Waals surface area contributed by atoms with E-state index in [9.17, 15) is 4.21 Å². The zero-order valence-electron chi connectivity index (χ0n) is 9.00. The fourth-order valence-electron chi connectivity index (χ4n) is 1.18. The fraction of sp³-hybridized carbons (Fsp3) is 0.455. The van der Waals surface area contributed by atoms with Crippen LogP contribution in [0.15, 0.2) is 27.6 Å². The zero-order chi connectivity index (χ0) is 11.4. The van der Waals surface area contributed by atoms with Gasteiger partial charge in [0.2, 0.25) is 0 Å². The summed E-state index contributed by atoms with van der Waals surface area (Å²) in [5, 5.41) is 0. The molecule has 0 spiro atoms. The van der Waals surface area contributed by atoms with Crippen LogP contribution in [0.3, 0.4) is 0 Å². The highest BCUT2D eigenvalue weighted by Gasteiger charge is 2.08. The number of nitrogens with two attached hydrogens (primary N) is 1. The van der Waals surface area contributed by atoms with Gasteiger partial charge in [-0.25, -0.2) is 0 Å². The van der Waals surface area contributed by atoms with Gasteiger partial charge < -0.3 is 5.73 Å². The van der Waals surface area contributed by atoms with Crippen molar-refractivity contribution >= 4 is 32.4 Å². The summed E-state index contributed by atoms with van der Waals surface area (Å²) in [4.78, 5) is 0.749. The summed E-state index contributed by atoms with van der Waals surface area (Å²) < 4.78 is 12.8. The van der Waals surface area contributed by atoms with Crippen molar-refractivity contribution in [1.82, 2.24) is 0 Å². The second-order valence-electron chi connectivity index (χ2n) is 3.91. The minimum Gasteiger partial charge on any atom is -0.398 e. The molecule has 2 N–H and O–H groups in total. The quantitative estimate of drug-likeness (QED) is 0.865. The minimum absolute atomic E-state index is 0.575. The number of anilines is 1. The van der Waals surface area contributed by atoms with E-state index in [0.29, 0.717) is 17.4 Å². The summed E-state index contributed by atoms with van der Waals surface area (Å²) in [6, 6.07) is 5.50. The highest BCUT2D eigenvalue weighted by molar-refractivity contribution is 9.10. The van der Waals surface area contributed by atoms with E-state index in [4.69, 9.17) is 5.73 Å². The number of halogens is 1. The van der Waals surface area contributed by atoms with Crippen LogP contribution < -0.4 is 5.73 Å². The molecule has 15 heavy (non-hydrogen) atoms. The zero-order valence-corrected chi connectivity index (χ0v) is 11.4. The van der Waals surface area contributed by atoms with Crippen molar-refractivity contribution in [2.45, 2.75) is 25.2 Å². The normalized spacial score (nSPS) is 13.1. The summed E-state index contributed by atoms with van der Waals surface area (Å²) >= 11 is 3.33. The van der Waals surface area contributed by atoms with Crippen LogP contribution in [0.25, 0.3) is 0 Å². The van der Waals surface area contributed by atoms with Gasteiger partial charge in [0.15, 0.2) is 0 Å². The Labute approximate surface area is 102 Å². The smallest absolute Gasteiger partial charge is 0.0618 e. The first-order valence-corrected chi connectivity index (χ1v) is 7.05. The predicted molar refractivity (Wildman–Crippen MR) is 69.3 cm³/mol. The van der Waals surface area contributed by atoms with Gasteiger partial charge in [0.1, 0.15) is 0 Å². The molecule has 0 aliphatic heterocycles. The van der Waals surface area contributed by atoms with Crippen molar-refractivity contribution in [3.05, 3.63) is 22.7 Å². The molecule has 0 aromatic heterocycles. The number of benzene rings is 1. The van der Waals surface area contributed by atoms with Crippen LogP contribution in [0.5, 0.6) is 0 Å². The van der Waals surface area contributed by atoms with Gasteiger partial charge in [0.25, 0.3) is 0 Å². The van der Waals surface area contributed by atoms with Gasteiger partial charge in [-0.05, 0) is 30.5 Å². The lowest BCUT2D eigenvalue weighted by atomic mass is 10.2. The first-order valence-electron chi connectivity index (χ1n) is 4.94. The molecule has 0 saturated heterocycles. The van der Waals surface area contributed by atoms with Gasteiger partial charge in [-0.15, -0.1) is 0 Å². The van der Waals surface area contributed by atoms with Crippen molar-refractivity contribution < 1.29 is 4.21 Å². The van der Waals surface area contributed by atoms with Gasteiger partial charge in [-0.3, -0.25) is 4.21 Å². The molecule has 1 aromatic carbocycles. The summed E-state index contributed by atoms with van der Waals surface area (Å²) in [5.41, 5.74) is 6.41. The van der Waals surface area contributed by atoms with Crippen molar-refractivity contribution in [1.29, 1.82) is 0 Å². The summed E-state index contributed by atoms with van der Waals surface area (Å²) in [6.45, 7) is 4.25. The summed E-state index contributed by atoms with van der Waals surface area (Å²) in [5.74, 6) is 1.26. The molecule has 1 rings (SSSR count). The second kappa shape index (κ2) is 5.66. The van der Waals surface area contributed by atoms with Crippen molar-refractivity contribution in [2.75, 3.05) is 11.5 Å². The number of hydrogen-bond donors (Lipinski definition) is 1. The monoisotopic (exact) mass is 289 g/mol. The first kappa shape index (κ1) is 12.7. The van der Waals surface area contributed by atoms with Gasteiger partial charge in [-0.2, -0.15) is 0 Å². The first-order chi connectivity index (χ1) is 7.00. The molecule has 1 aromatic rings. The van der Waals surface area contributed by atoms with Gasteiger partial charge in [0.05, 0.1) is 15.7 Å². The molecule has 0 saturated carbocycles. The van der Waals surface area contributed by atoms with Crippen LogP contribution in [0.1, 0.15) is 20.3 Å². The molecule has 0 aliphatic rings. The Morgan fingerprint density at radius 3 is 2.67 bits per heavy atom. The Hall–Kier alpha value is -0.350. The lowest BCUT2D eigenvalue weighted by Gasteiger charge is -2.07. The van der Waals surface area contributed by atoms with E-state index in [2.05, 4.69) is 29.8 Å². The molecule has 0 aliphatic carbocycles. The third kappa shape index (κ3) is 3.95. The fourth-order valence-corrected chi connectivity index (χ4v) is 3.01. The third-order valence-electron chi connectivity index (χ3n) is 2.10. The molecule has 0 heterocycles. The van der Waals surface area contributed by atoms with Crippen LogP contribution in [0, 0.1) is 5.92 Å². The second-order valence-corrected chi connectivity index (χ2v) is 6.37. The SMILES string of the molecule is CC(C)CCS(=O)c1ccc(Br)cc1N. The third-order valence-corrected chi connectivity index (χ3v) is 4.06. The van der Waals surface area contributed by atoms with E-state index < -0.39 is 10.8 Å². The Kier molecular flexibility index (Phi) is 4.80. The highest BCUT2D eigenvalue weighted by Crippen LogP contribution is 2.22. The summed E-state index contributed by atoms with van der Waals surface area (Å²) in [6.07, 6.45) is 0.960. The maximum atomic E-state index is 11.9. The van der Waals surface area contributed by atoms with E-state index in [1.54, 1.807) is 6.07 Å². The number of rotatable bonds is 4. The van der Waals surface area contributed by atoms with Crippen LogP contribution in [0.2, 0.25) is 0 Å². The van der Waals surface area contributed by atoms with Crippen molar-refractivity contribution in [2.24, 2.45) is 5.92 Å². The summed E-state index contributed by atoms with van der Waals surface area (Å²) in [7, 11) is -0.970. The van der Waals surface area contributed by atoms with Gasteiger partial charge >= 0.3 is 0 Å². The Balaban J connectivity index is 2.74. The van der Waals surface area contributed by atoms with Crippen LogP contribution >= 0.6 is 15.9 Å². The van der Waals surface area contributed by atoms with E-state index >= 15 is 0 Å². The van der Waals surface area contributed by atoms with Gasteiger partial charge in [0, 0.05) is 15.9 Å². The van der Waals surface area contributed by atoms with E-state index in [1.165, 1.54) is 0 Å². The largest absolute Gasteiger partial charge is 0.398 e.